The van der Waals surface area contributed by atoms with Gasteiger partial charge >= 0.3 is 0 Å². The monoisotopic (exact) mass is 351 g/mol. The third-order valence-electron chi connectivity index (χ3n) is 3.72. The standard InChI is InChI=1S/C15H18FN5O2S/c1-10(14(22)20-6-8-23-9-7-20)24-15-19-18-13(21(15)17)11-2-4-12(16)5-3-11/h2-5,10H,6-9,17H2,1H3. The van der Waals surface area contributed by atoms with Gasteiger partial charge in [0, 0.05) is 18.7 Å². The number of nitrogens with zero attached hydrogens (tertiary/aromatic N) is 4. The lowest BCUT2D eigenvalue weighted by atomic mass is 10.2. The van der Waals surface area contributed by atoms with Gasteiger partial charge in [-0.25, -0.2) is 9.07 Å². The van der Waals surface area contributed by atoms with Crippen LogP contribution in [0.25, 0.3) is 11.4 Å². The van der Waals surface area contributed by atoms with Gasteiger partial charge in [-0.05, 0) is 31.2 Å². The third kappa shape index (κ3) is 3.51. The number of ether oxygens (including phenoxy) is 1. The molecule has 0 spiro atoms. The van der Waals surface area contributed by atoms with Crippen molar-refractivity contribution < 1.29 is 13.9 Å². The fourth-order valence-corrected chi connectivity index (χ4v) is 3.26. The van der Waals surface area contributed by atoms with Gasteiger partial charge in [0.05, 0.1) is 18.5 Å². The van der Waals surface area contributed by atoms with E-state index in [2.05, 4.69) is 10.2 Å². The van der Waals surface area contributed by atoms with Gasteiger partial charge in [0.15, 0.2) is 5.82 Å². The summed E-state index contributed by atoms with van der Waals surface area (Å²) >= 11 is 1.25. The van der Waals surface area contributed by atoms with Crippen LogP contribution < -0.4 is 5.84 Å². The highest BCUT2D eigenvalue weighted by Gasteiger charge is 2.25. The topological polar surface area (TPSA) is 86.3 Å². The number of hydrogen-bond donors (Lipinski definition) is 1. The molecule has 7 nitrogen and oxygen atoms in total. The van der Waals surface area contributed by atoms with E-state index in [1.54, 1.807) is 17.0 Å². The molecule has 1 saturated heterocycles. The van der Waals surface area contributed by atoms with Crippen molar-refractivity contribution in [2.45, 2.75) is 17.3 Å². The van der Waals surface area contributed by atoms with Crippen molar-refractivity contribution in [1.82, 2.24) is 19.8 Å². The first-order valence-electron chi connectivity index (χ1n) is 7.56. The maximum atomic E-state index is 13.0. The summed E-state index contributed by atoms with van der Waals surface area (Å²) in [7, 11) is 0. The minimum absolute atomic E-state index is 0.0228. The molecule has 1 aromatic heterocycles. The largest absolute Gasteiger partial charge is 0.378 e. The van der Waals surface area contributed by atoms with E-state index in [4.69, 9.17) is 10.6 Å². The SMILES string of the molecule is CC(Sc1nnc(-c2ccc(F)cc2)n1N)C(=O)N1CCOCC1. The summed E-state index contributed by atoms with van der Waals surface area (Å²) in [6, 6.07) is 5.84. The maximum Gasteiger partial charge on any atom is 0.236 e. The van der Waals surface area contributed by atoms with Crippen LogP contribution in [0.2, 0.25) is 0 Å². The Labute approximate surface area is 142 Å². The number of amides is 1. The first-order valence-corrected chi connectivity index (χ1v) is 8.44. The zero-order chi connectivity index (χ0) is 17.1. The minimum atomic E-state index is -0.337. The lowest BCUT2D eigenvalue weighted by Gasteiger charge is -2.28. The van der Waals surface area contributed by atoms with Gasteiger partial charge < -0.3 is 15.5 Å². The molecule has 0 saturated carbocycles. The first-order chi connectivity index (χ1) is 11.6. The van der Waals surface area contributed by atoms with Gasteiger partial charge in [-0.15, -0.1) is 10.2 Å². The second-order valence-corrected chi connectivity index (χ2v) is 6.69. The van der Waals surface area contributed by atoms with E-state index in [9.17, 15) is 9.18 Å². The van der Waals surface area contributed by atoms with Gasteiger partial charge in [0.1, 0.15) is 5.82 Å². The van der Waals surface area contributed by atoms with E-state index in [0.717, 1.165) is 0 Å². The Balaban J connectivity index is 1.71. The molecule has 1 aliphatic rings. The van der Waals surface area contributed by atoms with Crippen LogP contribution in [0, 0.1) is 5.82 Å². The van der Waals surface area contributed by atoms with E-state index in [0.29, 0.717) is 42.8 Å². The molecule has 128 valence electrons. The molecular weight excluding hydrogens is 333 g/mol. The number of thioether (sulfide) groups is 1. The van der Waals surface area contributed by atoms with Crippen LogP contribution in [-0.4, -0.2) is 57.2 Å². The number of aromatic nitrogens is 3. The van der Waals surface area contributed by atoms with E-state index in [1.807, 2.05) is 6.92 Å². The number of nitrogen functional groups attached to an aromatic ring is 1. The molecule has 1 aromatic carbocycles. The van der Waals surface area contributed by atoms with Crippen LogP contribution in [0.5, 0.6) is 0 Å². The summed E-state index contributed by atoms with van der Waals surface area (Å²) in [6.07, 6.45) is 0. The molecule has 2 heterocycles. The average Bonchev–Trinajstić information content (AvgIpc) is 2.96. The number of benzene rings is 1. The Bertz CT molecular complexity index is 715. The number of carbonyl (C=O) groups excluding carboxylic acids is 1. The fraction of sp³-hybridized carbons (Fsp3) is 0.400. The molecule has 9 heteroatoms. The van der Waals surface area contributed by atoms with Gasteiger partial charge in [0.2, 0.25) is 11.1 Å². The summed E-state index contributed by atoms with van der Waals surface area (Å²) < 4.78 is 19.6. The van der Waals surface area contributed by atoms with Crippen molar-refractivity contribution in [2.24, 2.45) is 0 Å². The zero-order valence-corrected chi connectivity index (χ0v) is 14.0. The quantitative estimate of drug-likeness (QED) is 0.657. The Morgan fingerprint density at radius 2 is 1.96 bits per heavy atom. The Morgan fingerprint density at radius 3 is 2.62 bits per heavy atom. The molecule has 0 bridgehead atoms. The van der Waals surface area contributed by atoms with E-state index >= 15 is 0 Å². The number of rotatable bonds is 4. The van der Waals surface area contributed by atoms with Crippen molar-refractivity contribution >= 4 is 17.7 Å². The predicted molar refractivity (Wildman–Crippen MR) is 88.3 cm³/mol. The van der Waals surface area contributed by atoms with Crippen molar-refractivity contribution in [3.8, 4) is 11.4 Å². The van der Waals surface area contributed by atoms with Crippen molar-refractivity contribution in [3.05, 3.63) is 30.1 Å². The molecule has 1 unspecified atom stereocenters. The smallest absolute Gasteiger partial charge is 0.236 e. The lowest BCUT2D eigenvalue weighted by molar-refractivity contribution is -0.134. The van der Waals surface area contributed by atoms with Crippen LogP contribution in [0.3, 0.4) is 0 Å². The van der Waals surface area contributed by atoms with E-state index < -0.39 is 0 Å². The van der Waals surface area contributed by atoms with Crippen LogP contribution in [0.4, 0.5) is 4.39 Å². The van der Waals surface area contributed by atoms with Crippen molar-refractivity contribution in [3.63, 3.8) is 0 Å². The van der Waals surface area contributed by atoms with Gasteiger partial charge in [0.25, 0.3) is 0 Å². The van der Waals surface area contributed by atoms with Crippen molar-refractivity contribution in [2.75, 3.05) is 32.1 Å². The summed E-state index contributed by atoms with van der Waals surface area (Å²) in [5, 5.41) is 8.18. The van der Waals surface area contributed by atoms with Crippen molar-refractivity contribution in [1.29, 1.82) is 0 Å². The van der Waals surface area contributed by atoms with E-state index in [1.165, 1.54) is 28.6 Å². The molecule has 0 aliphatic carbocycles. The molecular formula is C15H18FN5O2S. The fourth-order valence-electron chi connectivity index (χ4n) is 2.40. The second-order valence-electron chi connectivity index (χ2n) is 5.38. The predicted octanol–water partition coefficient (Wildman–Crippen LogP) is 1.14. The number of halogens is 1. The molecule has 1 amide bonds. The molecule has 2 N–H and O–H groups in total. The van der Waals surface area contributed by atoms with Crippen LogP contribution in [0.15, 0.2) is 29.4 Å². The summed E-state index contributed by atoms with van der Waals surface area (Å²) in [6.45, 7) is 4.13. The number of morpholine rings is 1. The van der Waals surface area contributed by atoms with Crippen LogP contribution in [-0.2, 0) is 9.53 Å². The summed E-state index contributed by atoms with van der Waals surface area (Å²) in [5.74, 6) is 6.14. The second kappa shape index (κ2) is 7.18. The molecule has 1 aliphatic heterocycles. The maximum absolute atomic E-state index is 13.0. The Kier molecular flexibility index (Phi) is 5.00. The number of nitrogens with two attached hydrogens (primary N) is 1. The summed E-state index contributed by atoms with van der Waals surface area (Å²) in [5.41, 5.74) is 0.658. The Hall–Kier alpha value is -2.13. The highest BCUT2D eigenvalue weighted by Crippen LogP contribution is 2.26. The highest BCUT2D eigenvalue weighted by molar-refractivity contribution is 8.00. The molecule has 3 rings (SSSR count). The van der Waals surface area contributed by atoms with Crippen LogP contribution in [0.1, 0.15) is 6.92 Å². The third-order valence-corrected chi connectivity index (χ3v) is 4.76. The van der Waals surface area contributed by atoms with Gasteiger partial charge in [-0.1, -0.05) is 11.8 Å². The molecule has 0 radical (unpaired) electrons. The van der Waals surface area contributed by atoms with Crippen LogP contribution >= 0.6 is 11.8 Å². The van der Waals surface area contributed by atoms with Gasteiger partial charge in [-0.3, -0.25) is 4.79 Å². The average molecular weight is 351 g/mol. The minimum Gasteiger partial charge on any atom is -0.378 e. The number of hydrogen-bond acceptors (Lipinski definition) is 6. The molecule has 2 aromatic rings. The highest BCUT2D eigenvalue weighted by atomic mass is 32.2. The first kappa shape index (κ1) is 16.7. The normalized spacial score (nSPS) is 16.2. The lowest BCUT2D eigenvalue weighted by Crippen LogP contribution is -2.44. The zero-order valence-electron chi connectivity index (χ0n) is 13.2. The molecule has 1 fully saturated rings. The van der Waals surface area contributed by atoms with Gasteiger partial charge in [-0.2, -0.15) is 0 Å². The van der Waals surface area contributed by atoms with E-state index in [-0.39, 0.29) is 17.0 Å². The molecule has 1 atom stereocenters. The Morgan fingerprint density at radius 1 is 1.29 bits per heavy atom. The molecule has 24 heavy (non-hydrogen) atoms. The number of carbonyl (C=O) groups is 1. The summed E-state index contributed by atoms with van der Waals surface area (Å²) in [4.78, 5) is 14.2.